The number of ether oxygens (including phenoxy) is 1. The number of hydrogen-bond acceptors (Lipinski definition) is 1. The van der Waals surface area contributed by atoms with Crippen LogP contribution in [0.25, 0.3) is 0 Å². The van der Waals surface area contributed by atoms with Crippen LogP contribution in [0.2, 0.25) is 0 Å². The van der Waals surface area contributed by atoms with Crippen LogP contribution < -0.4 is 0 Å². The van der Waals surface area contributed by atoms with E-state index in [2.05, 4.69) is 13.2 Å². The van der Waals surface area contributed by atoms with Crippen LogP contribution in [0, 0.1) is 0 Å². The second-order valence-electron chi connectivity index (χ2n) is 1.21. The summed E-state index contributed by atoms with van der Waals surface area (Å²) in [7, 11) is 0. The molecule has 0 aromatic rings. The molecule has 0 aromatic carbocycles. The summed E-state index contributed by atoms with van der Waals surface area (Å²) in [4.78, 5) is 0. The molecule has 8 heavy (non-hydrogen) atoms. The van der Waals surface area contributed by atoms with E-state index in [4.69, 9.17) is 16.3 Å². The molecule has 0 aliphatic rings. The third kappa shape index (κ3) is 3.90. The van der Waals surface area contributed by atoms with E-state index in [0.29, 0.717) is 6.61 Å². The van der Waals surface area contributed by atoms with E-state index in [9.17, 15) is 0 Å². The van der Waals surface area contributed by atoms with Gasteiger partial charge in [-0.3, -0.25) is 0 Å². The highest BCUT2D eigenvalue weighted by atomic mass is 35.5. The highest BCUT2D eigenvalue weighted by Crippen LogP contribution is 1.97. The fourth-order valence-electron chi connectivity index (χ4n) is 0.228. The van der Waals surface area contributed by atoms with Gasteiger partial charge in [0.15, 0.2) is 0 Å². The predicted octanol–water partition coefficient (Wildman–Crippen LogP) is 1.94. The lowest BCUT2D eigenvalue weighted by Gasteiger charge is -2.00. The van der Waals surface area contributed by atoms with Crippen molar-refractivity contribution < 1.29 is 4.74 Å². The number of hydrogen-bond donors (Lipinski definition) is 0. The van der Waals surface area contributed by atoms with Gasteiger partial charge in [0.25, 0.3) is 0 Å². The predicted molar refractivity (Wildman–Crippen MR) is 36.0 cm³/mol. The second kappa shape index (κ2) is 4.88. The lowest BCUT2D eigenvalue weighted by Crippen LogP contribution is -1.99. The zero-order valence-electron chi connectivity index (χ0n) is 4.64. The molecule has 0 N–H and O–H groups in total. The van der Waals surface area contributed by atoms with Gasteiger partial charge in [-0.15, -0.1) is 6.58 Å². The molecular formula is C6H9ClO. The minimum absolute atomic E-state index is 0.381. The van der Waals surface area contributed by atoms with E-state index in [0.717, 1.165) is 0 Å². The summed E-state index contributed by atoms with van der Waals surface area (Å²) in [5.41, 5.74) is -0.381. The third-order valence-corrected chi connectivity index (χ3v) is 0.863. The van der Waals surface area contributed by atoms with Crippen molar-refractivity contribution in [1.29, 1.82) is 0 Å². The van der Waals surface area contributed by atoms with Gasteiger partial charge >= 0.3 is 0 Å². The lowest BCUT2D eigenvalue weighted by atomic mass is 10.6. The molecule has 0 saturated heterocycles. The molecule has 0 bridgehead atoms. The first-order chi connectivity index (χ1) is 3.81. The van der Waals surface area contributed by atoms with Gasteiger partial charge in [-0.05, 0) is 6.08 Å². The molecule has 0 spiro atoms. The first-order valence-electron chi connectivity index (χ1n) is 2.30. The van der Waals surface area contributed by atoms with Gasteiger partial charge in [-0.25, -0.2) is 0 Å². The Kier molecular flexibility index (Phi) is 4.71. The van der Waals surface area contributed by atoms with E-state index in [1.807, 2.05) is 0 Å². The van der Waals surface area contributed by atoms with Crippen molar-refractivity contribution in [3.05, 3.63) is 25.3 Å². The Labute approximate surface area is 54.6 Å². The lowest BCUT2D eigenvalue weighted by molar-refractivity contribution is 0.165. The standard InChI is InChI=1S/C6H9ClO/c1-3-5-8-6(7)4-2/h3-4,6H,1-2,5H2. The molecule has 0 radical (unpaired) electrons. The zero-order chi connectivity index (χ0) is 6.41. The van der Waals surface area contributed by atoms with E-state index < -0.39 is 0 Å². The fraction of sp³-hybridized carbons (Fsp3) is 0.333. The number of halogens is 1. The Morgan fingerprint density at radius 1 is 1.62 bits per heavy atom. The maximum atomic E-state index is 5.46. The number of rotatable bonds is 4. The van der Waals surface area contributed by atoms with Crippen molar-refractivity contribution in [2.24, 2.45) is 0 Å². The molecule has 0 fully saturated rings. The van der Waals surface area contributed by atoms with Crippen LogP contribution in [0.1, 0.15) is 0 Å². The molecular weight excluding hydrogens is 124 g/mol. The van der Waals surface area contributed by atoms with Crippen LogP contribution in [0.3, 0.4) is 0 Å². The minimum Gasteiger partial charge on any atom is -0.355 e. The summed E-state index contributed by atoms with van der Waals surface area (Å²) < 4.78 is 4.87. The topological polar surface area (TPSA) is 9.23 Å². The average Bonchev–Trinajstić information content (AvgIpc) is 1.83. The van der Waals surface area contributed by atoms with E-state index in [1.165, 1.54) is 6.08 Å². The van der Waals surface area contributed by atoms with E-state index in [-0.39, 0.29) is 5.56 Å². The molecule has 46 valence electrons. The Bertz CT molecular complexity index is 80.6. The molecule has 1 nitrogen and oxygen atoms in total. The maximum absolute atomic E-state index is 5.46. The van der Waals surface area contributed by atoms with Crippen LogP contribution >= 0.6 is 11.6 Å². The highest BCUT2D eigenvalue weighted by Gasteiger charge is 1.91. The Balaban J connectivity index is 3.09. The molecule has 2 heteroatoms. The van der Waals surface area contributed by atoms with Crippen molar-refractivity contribution in [3.8, 4) is 0 Å². The van der Waals surface area contributed by atoms with Crippen LogP contribution in [0.4, 0.5) is 0 Å². The van der Waals surface area contributed by atoms with Gasteiger partial charge in [0.2, 0.25) is 0 Å². The van der Waals surface area contributed by atoms with Gasteiger partial charge in [0.1, 0.15) is 5.56 Å². The van der Waals surface area contributed by atoms with Crippen molar-refractivity contribution in [3.63, 3.8) is 0 Å². The second-order valence-corrected chi connectivity index (χ2v) is 1.64. The third-order valence-electron chi connectivity index (χ3n) is 0.559. The normalized spacial score (nSPS) is 12.6. The summed E-state index contributed by atoms with van der Waals surface area (Å²) in [6.07, 6.45) is 3.16. The summed E-state index contributed by atoms with van der Waals surface area (Å²) in [5.74, 6) is 0. The smallest absolute Gasteiger partial charge is 0.149 e. The summed E-state index contributed by atoms with van der Waals surface area (Å²) in [6.45, 7) is 7.34. The molecule has 0 saturated carbocycles. The van der Waals surface area contributed by atoms with Gasteiger partial charge < -0.3 is 4.74 Å². The van der Waals surface area contributed by atoms with Gasteiger partial charge in [0.05, 0.1) is 6.61 Å². The Morgan fingerprint density at radius 2 is 2.25 bits per heavy atom. The van der Waals surface area contributed by atoms with E-state index in [1.54, 1.807) is 6.08 Å². The fourth-order valence-corrected chi connectivity index (χ4v) is 0.301. The SMILES string of the molecule is C=CCOC(Cl)C=C. The maximum Gasteiger partial charge on any atom is 0.149 e. The average molecular weight is 133 g/mol. The summed E-state index contributed by atoms with van der Waals surface area (Å²) in [6, 6.07) is 0. The monoisotopic (exact) mass is 132 g/mol. The largest absolute Gasteiger partial charge is 0.355 e. The van der Waals surface area contributed by atoms with Gasteiger partial charge in [-0.2, -0.15) is 0 Å². The Morgan fingerprint density at radius 3 is 2.62 bits per heavy atom. The zero-order valence-corrected chi connectivity index (χ0v) is 5.40. The minimum atomic E-state index is -0.381. The first-order valence-corrected chi connectivity index (χ1v) is 2.74. The van der Waals surface area contributed by atoms with Crippen LogP contribution in [-0.4, -0.2) is 12.2 Å². The van der Waals surface area contributed by atoms with Gasteiger partial charge in [0, 0.05) is 0 Å². The van der Waals surface area contributed by atoms with Crippen molar-refractivity contribution in [2.45, 2.75) is 5.56 Å². The molecule has 0 aliphatic heterocycles. The van der Waals surface area contributed by atoms with Crippen LogP contribution in [0.15, 0.2) is 25.3 Å². The molecule has 0 heterocycles. The summed E-state index contributed by atoms with van der Waals surface area (Å²) >= 11 is 5.46. The van der Waals surface area contributed by atoms with Crippen LogP contribution in [0.5, 0.6) is 0 Å². The molecule has 0 aliphatic carbocycles. The Hall–Kier alpha value is -0.270. The van der Waals surface area contributed by atoms with Crippen molar-refractivity contribution in [1.82, 2.24) is 0 Å². The number of alkyl halides is 1. The van der Waals surface area contributed by atoms with Crippen molar-refractivity contribution >= 4 is 11.6 Å². The summed E-state index contributed by atoms with van der Waals surface area (Å²) in [5, 5.41) is 0. The van der Waals surface area contributed by atoms with Crippen molar-refractivity contribution in [2.75, 3.05) is 6.61 Å². The molecule has 1 unspecified atom stereocenters. The highest BCUT2D eigenvalue weighted by molar-refractivity contribution is 6.20. The van der Waals surface area contributed by atoms with Gasteiger partial charge in [-0.1, -0.05) is 24.3 Å². The molecule has 0 amide bonds. The molecule has 0 aromatic heterocycles. The molecule has 0 rings (SSSR count). The molecule has 1 atom stereocenters. The first kappa shape index (κ1) is 7.73. The van der Waals surface area contributed by atoms with Crippen LogP contribution in [-0.2, 0) is 4.74 Å². The van der Waals surface area contributed by atoms with E-state index >= 15 is 0 Å². The quantitative estimate of drug-likeness (QED) is 0.420.